The molecule has 0 spiro atoms. The zero-order valence-corrected chi connectivity index (χ0v) is 14.7. The minimum Gasteiger partial charge on any atom is -0.490 e. The van der Waals surface area contributed by atoms with Gasteiger partial charge < -0.3 is 18.9 Å². The minimum atomic E-state index is -0.650. The van der Waals surface area contributed by atoms with Crippen LogP contribution in [0.3, 0.4) is 0 Å². The Morgan fingerprint density at radius 3 is 2.68 bits per heavy atom. The van der Waals surface area contributed by atoms with Crippen LogP contribution in [-0.2, 0) is 9.53 Å². The molecule has 2 aromatic carbocycles. The van der Waals surface area contributed by atoms with E-state index in [-0.39, 0.29) is 23.0 Å². The van der Waals surface area contributed by atoms with Crippen LogP contribution in [-0.4, -0.2) is 37.1 Å². The molecule has 0 N–H and O–H groups in total. The maximum atomic E-state index is 12.2. The number of methoxy groups -OCH3 is 1. The summed E-state index contributed by atoms with van der Waals surface area (Å²) in [6, 6.07) is 9.45. The molecule has 2 heterocycles. The average Bonchev–Trinajstić information content (AvgIpc) is 3.07. The number of ether oxygens (including phenoxy) is 4. The summed E-state index contributed by atoms with van der Waals surface area (Å²) in [7, 11) is 1.34. The van der Waals surface area contributed by atoms with Crippen molar-refractivity contribution < 1.29 is 28.7 Å². The van der Waals surface area contributed by atoms with Crippen LogP contribution in [0.4, 0.5) is 5.69 Å². The van der Waals surface area contributed by atoms with Gasteiger partial charge in [0.1, 0.15) is 13.2 Å². The van der Waals surface area contributed by atoms with Gasteiger partial charge in [-0.1, -0.05) is 6.07 Å². The molecule has 0 radical (unpaired) electrons. The number of benzene rings is 2. The lowest BCUT2D eigenvalue weighted by Gasteiger charge is -2.18. The molecule has 0 saturated heterocycles. The second kappa shape index (κ2) is 7.03. The fourth-order valence-electron chi connectivity index (χ4n) is 2.81. The fourth-order valence-corrected chi connectivity index (χ4v) is 2.81. The predicted octanol–water partition coefficient (Wildman–Crippen LogP) is 2.72. The Hall–Kier alpha value is -3.88. The van der Waals surface area contributed by atoms with Gasteiger partial charge in [-0.15, -0.1) is 0 Å². The molecule has 2 aliphatic rings. The molecule has 142 valence electrons. The van der Waals surface area contributed by atoms with Crippen LogP contribution in [0.2, 0.25) is 0 Å². The van der Waals surface area contributed by atoms with E-state index in [2.05, 4.69) is 4.99 Å². The zero-order chi connectivity index (χ0) is 19.7. The van der Waals surface area contributed by atoms with Crippen molar-refractivity contribution in [1.29, 1.82) is 0 Å². The molecule has 2 aromatic rings. The Bertz CT molecular complexity index is 1040. The van der Waals surface area contributed by atoms with Crippen molar-refractivity contribution in [3.8, 4) is 17.2 Å². The Labute approximate surface area is 159 Å². The molecule has 28 heavy (non-hydrogen) atoms. The van der Waals surface area contributed by atoms with Crippen molar-refractivity contribution in [3.63, 3.8) is 0 Å². The third-order valence-corrected chi connectivity index (χ3v) is 4.11. The van der Waals surface area contributed by atoms with Crippen LogP contribution in [0.25, 0.3) is 6.08 Å². The van der Waals surface area contributed by atoms with Gasteiger partial charge in [-0.3, -0.25) is 10.1 Å². The number of hydrogen-bond donors (Lipinski definition) is 0. The molecular weight excluding hydrogens is 368 g/mol. The molecule has 0 bridgehead atoms. The van der Waals surface area contributed by atoms with Gasteiger partial charge in [0.05, 0.1) is 12.0 Å². The highest BCUT2D eigenvalue weighted by Crippen LogP contribution is 2.32. The highest BCUT2D eigenvalue weighted by atomic mass is 16.6. The number of nitro benzene ring substituents is 1. The summed E-state index contributed by atoms with van der Waals surface area (Å²) in [6.45, 7) is 0.940. The van der Waals surface area contributed by atoms with Crippen LogP contribution in [0.1, 0.15) is 11.1 Å². The summed E-state index contributed by atoms with van der Waals surface area (Å²) in [5.74, 6) is 0.660. The monoisotopic (exact) mass is 382 g/mol. The van der Waals surface area contributed by atoms with E-state index in [0.717, 1.165) is 0 Å². The van der Waals surface area contributed by atoms with Gasteiger partial charge in [0.25, 0.3) is 0 Å². The van der Waals surface area contributed by atoms with Gasteiger partial charge in [0, 0.05) is 11.6 Å². The van der Waals surface area contributed by atoms with Gasteiger partial charge >= 0.3 is 11.7 Å². The lowest BCUT2D eigenvalue weighted by Crippen LogP contribution is -2.15. The van der Waals surface area contributed by atoms with E-state index >= 15 is 0 Å². The number of fused-ring (bicyclic) bond motifs is 1. The number of hydrogen-bond acceptors (Lipinski definition) is 8. The SMILES string of the molecule is COc1ccc(C2=N/C(=C/c3ccc4c(c3)OCCO4)C(=O)O2)cc1[N+](=O)[O-]. The van der Waals surface area contributed by atoms with Crippen molar-refractivity contribution in [1.82, 2.24) is 0 Å². The first-order valence-electron chi connectivity index (χ1n) is 8.30. The summed E-state index contributed by atoms with van der Waals surface area (Å²) in [5.41, 5.74) is 0.807. The highest BCUT2D eigenvalue weighted by molar-refractivity contribution is 6.13. The Kier molecular flexibility index (Phi) is 4.40. The normalized spacial score (nSPS) is 16.5. The molecule has 0 fully saturated rings. The number of carbonyl (C=O) groups is 1. The summed E-state index contributed by atoms with van der Waals surface area (Å²) >= 11 is 0. The molecule has 9 nitrogen and oxygen atoms in total. The Balaban J connectivity index is 1.66. The van der Waals surface area contributed by atoms with Crippen LogP contribution >= 0.6 is 0 Å². The van der Waals surface area contributed by atoms with E-state index < -0.39 is 10.9 Å². The van der Waals surface area contributed by atoms with Crippen molar-refractivity contribution in [2.45, 2.75) is 0 Å². The highest BCUT2D eigenvalue weighted by Gasteiger charge is 2.27. The van der Waals surface area contributed by atoms with Crippen LogP contribution in [0.15, 0.2) is 47.1 Å². The molecule has 9 heteroatoms. The van der Waals surface area contributed by atoms with Crippen LogP contribution < -0.4 is 14.2 Å². The molecule has 0 amide bonds. The summed E-state index contributed by atoms with van der Waals surface area (Å²) in [5, 5.41) is 11.2. The van der Waals surface area contributed by atoms with Crippen LogP contribution in [0, 0.1) is 10.1 Å². The van der Waals surface area contributed by atoms with E-state index in [1.165, 1.54) is 25.3 Å². The number of esters is 1. The van der Waals surface area contributed by atoms with Gasteiger partial charge in [0.15, 0.2) is 22.9 Å². The predicted molar refractivity (Wildman–Crippen MR) is 97.7 cm³/mol. The number of aliphatic imine (C=N–C) groups is 1. The maximum Gasteiger partial charge on any atom is 0.363 e. The number of nitrogens with zero attached hydrogens (tertiary/aromatic N) is 2. The first-order valence-corrected chi connectivity index (χ1v) is 8.30. The first-order chi connectivity index (χ1) is 13.5. The van der Waals surface area contributed by atoms with Crippen molar-refractivity contribution in [3.05, 3.63) is 63.3 Å². The number of carbonyl (C=O) groups excluding carboxylic acids is 1. The largest absolute Gasteiger partial charge is 0.490 e. The molecule has 2 aliphatic heterocycles. The van der Waals surface area contributed by atoms with Crippen molar-refractivity contribution >= 4 is 23.6 Å². The molecule has 0 saturated carbocycles. The average molecular weight is 382 g/mol. The van der Waals surface area contributed by atoms with E-state index in [1.807, 2.05) is 0 Å². The van der Waals surface area contributed by atoms with Crippen molar-refractivity contribution in [2.24, 2.45) is 4.99 Å². The molecule has 0 unspecified atom stereocenters. The Morgan fingerprint density at radius 1 is 1.14 bits per heavy atom. The number of nitro groups is 1. The molecule has 0 atom stereocenters. The van der Waals surface area contributed by atoms with E-state index in [0.29, 0.717) is 35.8 Å². The third kappa shape index (κ3) is 3.25. The summed E-state index contributed by atoms with van der Waals surface area (Å²) in [4.78, 5) is 26.9. The van der Waals surface area contributed by atoms with Gasteiger partial charge in [-0.25, -0.2) is 9.79 Å². The van der Waals surface area contributed by atoms with Gasteiger partial charge in [0.2, 0.25) is 5.90 Å². The fraction of sp³-hybridized carbons (Fsp3) is 0.158. The second-order valence-electron chi connectivity index (χ2n) is 5.88. The molecular formula is C19H14N2O7. The number of cyclic esters (lactones) is 1. The van der Waals surface area contributed by atoms with E-state index in [1.54, 1.807) is 24.3 Å². The Morgan fingerprint density at radius 2 is 1.93 bits per heavy atom. The van der Waals surface area contributed by atoms with E-state index in [4.69, 9.17) is 18.9 Å². The number of rotatable bonds is 4. The lowest BCUT2D eigenvalue weighted by atomic mass is 10.1. The quantitative estimate of drug-likeness (QED) is 0.346. The molecule has 0 aliphatic carbocycles. The van der Waals surface area contributed by atoms with Crippen LogP contribution in [0.5, 0.6) is 17.2 Å². The molecule has 0 aromatic heterocycles. The standard InChI is InChI=1S/C19H14N2O7/c1-25-15-5-3-12(10-14(15)21(23)24)18-20-13(19(22)28-18)8-11-2-4-16-17(9-11)27-7-6-26-16/h2-5,8-10H,6-7H2,1H3/b13-8+. The van der Waals surface area contributed by atoms with Crippen molar-refractivity contribution in [2.75, 3.05) is 20.3 Å². The molecule has 4 rings (SSSR count). The smallest absolute Gasteiger partial charge is 0.363 e. The first kappa shape index (κ1) is 17.5. The maximum absolute atomic E-state index is 12.2. The van der Waals surface area contributed by atoms with E-state index in [9.17, 15) is 14.9 Å². The lowest BCUT2D eigenvalue weighted by molar-refractivity contribution is -0.385. The summed E-state index contributed by atoms with van der Waals surface area (Å²) < 4.78 is 21.1. The van der Waals surface area contributed by atoms with Gasteiger partial charge in [-0.2, -0.15) is 0 Å². The third-order valence-electron chi connectivity index (χ3n) is 4.11. The topological polar surface area (TPSA) is 109 Å². The summed E-state index contributed by atoms with van der Waals surface area (Å²) in [6.07, 6.45) is 1.55. The zero-order valence-electron chi connectivity index (χ0n) is 14.7. The minimum absolute atomic E-state index is 0.0143. The second-order valence-corrected chi connectivity index (χ2v) is 5.88. The van der Waals surface area contributed by atoms with Gasteiger partial charge in [-0.05, 0) is 35.9 Å².